The van der Waals surface area contributed by atoms with Crippen LogP contribution in [0, 0.1) is 12.3 Å². The molecule has 0 saturated carbocycles. The topological polar surface area (TPSA) is 29.5 Å². The number of allylic oxidation sites excluding steroid dienone is 1. The van der Waals surface area contributed by atoms with E-state index in [1.54, 1.807) is 11.0 Å². The zero-order chi connectivity index (χ0) is 15.4. The van der Waals surface area contributed by atoms with Crippen molar-refractivity contribution >= 4 is 45.8 Å². The van der Waals surface area contributed by atoms with Gasteiger partial charge in [-0.2, -0.15) is 0 Å². The number of ether oxygens (including phenoxy) is 1. The lowest BCUT2D eigenvalue weighted by Gasteiger charge is -2.30. The number of amides is 1. The number of terminal acetylenes is 1. The summed E-state index contributed by atoms with van der Waals surface area (Å²) in [6, 6.07) is 5.40. The molecule has 1 atom stereocenters. The zero-order valence-electron chi connectivity index (χ0n) is 11.6. The molecule has 0 N–H and O–H groups in total. The molecular weight excluding hydrogens is 401 g/mol. The zero-order valence-corrected chi connectivity index (χ0v) is 14.5. The van der Waals surface area contributed by atoms with Crippen LogP contribution < -0.4 is 4.74 Å². The fourth-order valence-electron chi connectivity index (χ4n) is 2.21. The van der Waals surface area contributed by atoms with E-state index in [0.29, 0.717) is 17.3 Å². The van der Waals surface area contributed by atoms with Crippen LogP contribution in [0.15, 0.2) is 24.3 Å². The lowest BCUT2D eigenvalue weighted by atomic mass is 10.0. The third-order valence-electron chi connectivity index (χ3n) is 3.20. The standard InChI is InChI=1S/C16H15ClINO2/c1-3-9-21-11-5-6-12(13(17)10-11)15-8-7-14(18)16(20)19(15)4-2/h1,5-6,8,10,14H,4,7,9H2,2H3. The van der Waals surface area contributed by atoms with Gasteiger partial charge in [0.1, 0.15) is 12.4 Å². The molecule has 110 valence electrons. The Bertz CT molecular complexity index is 621. The third kappa shape index (κ3) is 3.53. The Morgan fingerprint density at radius 1 is 1.57 bits per heavy atom. The lowest BCUT2D eigenvalue weighted by Crippen LogP contribution is -2.38. The van der Waals surface area contributed by atoms with Crippen molar-refractivity contribution in [2.45, 2.75) is 17.3 Å². The fourth-order valence-corrected chi connectivity index (χ4v) is 3.07. The number of halogens is 2. The highest BCUT2D eigenvalue weighted by Gasteiger charge is 2.28. The van der Waals surface area contributed by atoms with E-state index in [1.807, 2.05) is 19.1 Å². The van der Waals surface area contributed by atoms with Gasteiger partial charge in [0.2, 0.25) is 5.91 Å². The van der Waals surface area contributed by atoms with E-state index in [4.69, 9.17) is 22.8 Å². The summed E-state index contributed by atoms with van der Waals surface area (Å²) in [5.74, 6) is 3.16. The highest BCUT2D eigenvalue weighted by Crippen LogP contribution is 2.34. The molecule has 0 bridgehead atoms. The van der Waals surface area contributed by atoms with Crippen LogP contribution in [0.1, 0.15) is 18.9 Å². The molecule has 3 nitrogen and oxygen atoms in total. The van der Waals surface area contributed by atoms with Crippen LogP contribution in [-0.2, 0) is 4.79 Å². The summed E-state index contributed by atoms with van der Waals surface area (Å²) in [5, 5.41) is 0.550. The number of nitrogens with zero attached hydrogens (tertiary/aromatic N) is 1. The van der Waals surface area contributed by atoms with Crippen LogP contribution in [0.2, 0.25) is 5.02 Å². The molecule has 2 rings (SSSR count). The van der Waals surface area contributed by atoms with Gasteiger partial charge in [0.25, 0.3) is 0 Å². The van der Waals surface area contributed by atoms with E-state index >= 15 is 0 Å². The first-order valence-corrected chi connectivity index (χ1v) is 8.22. The normalized spacial score (nSPS) is 18.2. The number of rotatable bonds is 4. The summed E-state index contributed by atoms with van der Waals surface area (Å²) in [5.41, 5.74) is 1.70. The maximum Gasteiger partial charge on any atom is 0.240 e. The number of hydrogen-bond acceptors (Lipinski definition) is 2. The molecule has 1 aromatic rings. The average molecular weight is 416 g/mol. The van der Waals surface area contributed by atoms with Gasteiger partial charge < -0.3 is 9.64 Å². The van der Waals surface area contributed by atoms with Crippen LogP contribution in [-0.4, -0.2) is 27.9 Å². The van der Waals surface area contributed by atoms with E-state index in [1.165, 1.54) is 0 Å². The molecular formula is C16H15ClINO2. The fraction of sp³-hybridized carbons (Fsp3) is 0.312. The van der Waals surface area contributed by atoms with E-state index in [0.717, 1.165) is 17.7 Å². The molecule has 1 aliphatic rings. The molecule has 0 fully saturated rings. The van der Waals surface area contributed by atoms with Gasteiger partial charge in [-0.15, -0.1) is 6.42 Å². The number of carbonyl (C=O) groups excluding carboxylic acids is 1. The van der Waals surface area contributed by atoms with Gasteiger partial charge >= 0.3 is 0 Å². The van der Waals surface area contributed by atoms with Gasteiger partial charge in [0.15, 0.2) is 0 Å². The summed E-state index contributed by atoms with van der Waals surface area (Å²) in [4.78, 5) is 14.0. The molecule has 1 unspecified atom stereocenters. The van der Waals surface area contributed by atoms with E-state index in [2.05, 4.69) is 34.6 Å². The highest BCUT2D eigenvalue weighted by atomic mass is 127. The van der Waals surface area contributed by atoms with Gasteiger partial charge in [-0.05, 0) is 31.5 Å². The number of alkyl halides is 1. The number of hydrogen-bond donors (Lipinski definition) is 0. The molecule has 1 aromatic carbocycles. The maximum absolute atomic E-state index is 12.2. The molecule has 1 aliphatic heterocycles. The minimum Gasteiger partial charge on any atom is -0.481 e. The van der Waals surface area contributed by atoms with Gasteiger partial charge in [-0.25, -0.2) is 0 Å². The lowest BCUT2D eigenvalue weighted by molar-refractivity contribution is -0.127. The molecule has 0 aliphatic carbocycles. The first-order chi connectivity index (χ1) is 10.1. The summed E-state index contributed by atoms with van der Waals surface area (Å²) >= 11 is 8.51. The third-order valence-corrected chi connectivity index (χ3v) is 4.55. The van der Waals surface area contributed by atoms with E-state index in [-0.39, 0.29) is 16.4 Å². The molecule has 5 heteroatoms. The van der Waals surface area contributed by atoms with Crippen molar-refractivity contribution in [2.24, 2.45) is 0 Å². The van der Waals surface area contributed by atoms with Crippen molar-refractivity contribution in [3.05, 3.63) is 34.9 Å². The van der Waals surface area contributed by atoms with Gasteiger partial charge in [0.05, 0.1) is 8.95 Å². The Kier molecular flexibility index (Phi) is 5.54. The van der Waals surface area contributed by atoms with Crippen LogP contribution in [0.3, 0.4) is 0 Å². The monoisotopic (exact) mass is 415 g/mol. The van der Waals surface area contributed by atoms with Crippen molar-refractivity contribution in [3.8, 4) is 18.1 Å². The van der Waals surface area contributed by atoms with Gasteiger partial charge in [0, 0.05) is 17.8 Å². The van der Waals surface area contributed by atoms with Crippen LogP contribution in [0.4, 0.5) is 0 Å². The van der Waals surface area contributed by atoms with Gasteiger partial charge in [-0.1, -0.05) is 46.2 Å². The highest BCUT2D eigenvalue weighted by molar-refractivity contribution is 14.1. The summed E-state index contributed by atoms with van der Waals surface area (Å²) in [6.07, 6.45) is 7.94. The van der Waals surface area contributed by atoms with Crippen molar-refractivity contribution < 1.29 is 9.53 Å². The second kappa shape index (κ2) is 7.19. The predicted octanol–water partition coefficient (Wildman–Crippen LogP) is 3.75. The van der Waals surface area contributed by atoms with Gasteiger partial charge in [-0.3, -0.25) is 4.79 Å². The Morgan fingerprint density at radius 3 is 2.95 bits per heavy atom. The van der Waals surface area contributed by atoms with Crippen LogP contribution in [0.5, 0.6) is 5.75 Å². The molecule has 0 aromatic heterocycles. The Labute approximate surface area is 143 Å². The number of carbonyl (C=O) groups is 1. The maximum atomic E-state index is 12.2. The Balaban J connectivity index is 2.33. The second-order valence-corrected chi connectivity index (χ2v) is 6.42. The van der Waals surface area contributed by atoms with Crippen LogP contribution >= 0.6 is 34.2 Å². The molecule has 0 spiro atoms. The van der Waals surface area contributed by atoms with Crippen molar-refractivity contribution in [1.29, 1.82) is 0 Å². The van der Waals surface area contributed by atoms with Crippen molar-refractivity contribution in [2.75, 3.05) is 13.2 Å². The molecule has 1 heterocycles. The smallest absolute Gasteiger partial charge is 0.240 e. The summed E-state index contributed by atoms with van der Waals surface area (Å²) < 4.78 is 5.34. The minimum absolute atomic E-state index is 0.0108. The molecule has 1 amide bonds. The predicted molar refractivity (Wildman–Crippen MR) is 93.6 cm³/mol. The molecule has 0 radical (unpaired) electrons. The van der Waals surface area contributed by atoms with E-state index in [9.17, 15) is 4.79 Å². The second-order valence-electron chi connectivity index (χ2n) is 4.51. The number of benzene rings is 1. The quantitative estimate of drug-likeness (QED) is 0.426. The first-order valence-electron chi connectivity index (χ1n) is 6.60. The van der Waals surface area contributed by atoms with Crippen LogP contribution in [0.25, 0.3) is 5.70 Å². The van der Waals surface area contributed by atoms with Crippen molar-refractivity contribution in [3.63, 3.8) is 0 Å². The van der Waals surface area contributed by atoms with Crippen molar-refractivity contribution in [1.82, 2.24) is 4.90 Å². The Hall–Kier alpha value is -1.19. The average Bonchev–Trinajstić information content (AvgIpc) is 2.48. The summed E-state index contributed by atoms with van der Waals surface area (Å²) in [6.45, 7) is 2.78. The molecule has 0 saturated heterocycles. The molecule has 21 heavy (non-hydrogen) atoms. The van der Waals surface area contributed by atoms with E-state index < -0.39 is 0 Å². The Morgan fingerprint density at radius 2 is 2.33 bits per heavy atom. The summed E-state index contributed by atoms with van der Waals surface area (Å²) in [7, 11) is 0. The first kappa shape index (κ1) is 16.2. The SMILES string of the molecule is C#CCOc1ccc(C2=CCC(I)C(=O)N2CC)c(Cl)c1. The largest absolute Gasteiger partial charge is 0.481 e. The minimum atomic E-state index is -0.0108.